The Bertz CT molecular complexity index is 378. The zero-order chi connectivity index (χ0) is 13.1. The van der Waals surface area contributed by atoms with Crippen LogP contribution in [0.2, 0.25) is 0 Å². The first-order valence-corrected chi connectivity index (χ1v) is 5.05. The molecule has 6 heteroatoms. The third kappa shape index (κ3) is 5.04. The van der Waals surface area contributed by atoms with Gasteiger partial charge in [-0.15, -0.1) is 0 Å². The van der Waals surface area contributed by atoms with Gasteiger partial charge in [-0.25, -0.2) is 4.39 Å². The summed E-state index contributed by atoms with van der Waals surface area (Å²) < 4.78 is 49.0. The maximum absolute atomic E-state index is 12.9. The van der Waals surface area contributed by atoms with Gasteiger partial charge >= 0.3 is 6.18 Å². The van der Waals surface area contributed by atoms with Gasteiger partial charge in [0.1, 0.15) is 0 Å². The molecule has 0 aliphatic carbocycles. The minimum Gasteiger partial charge on any atom is -0.505 e. The molecule has 0 aromatic heterocycles. The zero-order valence-electron chi connectivity index (χ0n) is 9.18. The van der Waals surface area contributed by atoms with Gasteiger partial charge in [0.25, 0.3) is 0 Å². The summed E-state index contributed by atoms with van der Waals surface area (Å²) in [6, 6.07) is 2.96. The number of phenols is 1. The van der Waals surface area contributed by atoms with Gasteiger partial charge in [-0.2, -0.15) is 13.2 Å². The molecule has 0 aliphatic heterocycles. The van der Waals surface area contributed by atoms with E-state index < -0.39 is 30.2 Å². The van der Waals surface area contributed by atoms with E-state index in [0.717, 1.165) is 6.07 Å². The smallest absolute Gasteiger partial charge is 0.390 e. The fourth-order valence-corrected chi connectivity index (χ4v) is 1.37. The first-order chi connectivity index (χ1) is 7.78. The van der Waals surface area contributed by atoms with Gasteiger partial charge in [0.2, 0.25) is 0 Å². The van der Waals surface area contributed by atoms with Crippen molar-refractivity contribution >= 4 is 0 Å². The number of aromatic hydroxyl groups is 1. The maximum atomic E-state index is 12.9. The Balaban J connectivity index is 2.47. The quantitative estimate of drug-likeness (QED) is 0.806. The van der Waals surface area contributed by atoms with Gasteiger partial charge in [-0.05, 0) is 24.6 Å². The Morgan fingerprint density at radius 2 is 2.00 bits per heavy atom. The summed E-state index contributed by atoms with van der Waals surface area (Å²) in [6.07, 6.45) is -5.15. The van der Waals surface area contributed by atoms with Gasteiger partial charge in [-0.1, -0.05) is 6.07 Å². The second-order valence-electron chi connectivity index (χ2n) is 3.89. The van der Waals surface area contributed by atoms with Crippen LogP contribution in [-0.4, -0.2) is 17.3 Å². The number of benzene rings is 1. The van der Waals surface area contributed by atoms with Crippen molar-refractivity contribution in [1.82, 2.24) is 5.32 Å². The molecule has 0 radical (unpaired) electrons. The van der Waals surface area contributed by atoms with E-state index in [0.29, 0.717) is 5.56 Å². The minimum atomic E-state index is -4.22. The van der Waals surface area contributed by atoms with Crippen molar-refractivity contribution in [1.29, 1.82) is 0 Å². The Morgan fingerprint density at radius 1 is 1.35 bits per heavy atom. The van der Waals surface area contributed by atoms with Crippen LogP contribution in [0.15, 0.2) is 18.2 Å². The fraction of sp³-hybridized carbons (Fsp3) is 0.455. The van der Waals surface area contributed by atoms with E-state index in [-0.39, 0.29) is 6.54 Å². The van der Waals surface area contributed by atoms with Gasteiger partial charge in [0, 0.05) is 12.6 Å². The number of nitrogens with one attached hydrogen (secondary N) is 1. The molecule has 17 heavy (non-hydrogen) atoms. The van der Waals surface area contributed by atoms with Gasteiger partial charge in [-0.3, -0.25) is 0 Å². The molecule has 0 amide bonds. The van der Waals surface area contributed by atoms with Crippen LogP contribution in [-0.2, 0) is 6.54 Å². The zero-order valence-corrected chi connectivity index (χ0v) is 9.18. The SMILES string of the molecule is CC(CC(F)(F)F)NCc1ccc(O)c(F)c1. The average Bonchev–Trinajstić information content (AvgIpc) is 2.17. The standard InChI is InChI=1S/C11H13F4NO/c1-7(5-11(13,14)15)16-6-8-2-3-10(17)9(12)4-8/h2-4,7,16-17H,5-6H2,1H3. The van der Waals surface area contributed by atoms with Crippen LogP contribution in [0.3, 0.4) is 0 Å². The molecule has 96 valence electrons. The highest BCUT2D eigenvalue weighted by molar-refractivity contribution is 5.27. The molecule has 2 N–H and O–H groups in total. The van der Waals surface area contributed by atoms with Gasteiger partial charge in [0.05, 0.1) is 6.42 Å². The monoisotopic (exact) mass is 251 g/mol. The summed E-state index contributed by atoms with van der Waals surface area (Å²) in [7, 11) is 0. The van der Waals surface area contributed by atoms with Crippen LogP contribution in [0.25, 0.3) is 0 Å². The highest BCUT2D eigenvalue weighted by Gasteiger charge is 2.29. The summed E-state index contributed by atoms with van der Waals surface area (Å²) >= 11 is 0. The summed E-state index contributed by atoms with van der Waals surface area (Å²) in [5.41, 5.74) is 0.481. The molecule has 1 rings (SSSR count). The van der Waals surface area contributed by atoms with E-state index >= 15 is 0 Å². The lowest BCUT2D eigenvalue weighted by Crippen LogP contribution is -2.30. The van der Waals surface area contributed by atoms with Crippen molar-refractivity contribution < 1.29 is 22.7 Å². The summed E-state index contributed by atoms with van der Waals surface area (Å²) in [6.45, 7) is 1.53. The van der Waals surface area contributed by atoms with E-state index in [1.165, 1.54) is 19.1 Å². The van der Waals surface area contributed by atoms with Crippen molar-refractivity contribution in [2.45, 2.75) is 32.1 Å². The molecule has 0 saturated heterocycles. The number of phenolic OH excluding ortho intramolecular Hbond substituents is 1. The van der Waals surface area contributed by atoms with Gasteiger partial charge < -0.3 is 10.4 Å². The van der Waals surface area contributed by atoms with Crippen LogP contribution in [0.5, 0.6) is 5.75 Å². The van der Waals surface area contributed by atoms with E-state index in [1.807, 2.05) is 0 Å². The minimum absolute atomic E-state index is 0.119. The lowest BCUT2D eigenvalue weighted by Gasteiger charge is -2.15. The lowest BCUT2D eigenvalue weighted by molar-refractivity contribution is -0.139. The molecule has 0 fully saturated rings. The Hall–Kier alpha value is -1.30. The van der Waals surface area contributed by atoms with E-state index in [4.69, 9.17) is 5.11 Å². The molecule has 0 saturated carbocycles. The van der Waals surface area contributed by atoms with Crippen molar-refractivity contribution in [3.05, 3.63) is 29.6 Å². The van der Waals surface area contributed by atoms with Gasteiger partial charge in [0.15, 0.2) is 11.6 Å². The normalized spacial score (nSPS) is 13.7. The van der Waals surface area contributed by atoms with Crippen LogP contribution >= 0.6 is 0 Å². The maximum Gasteiger partial charge on any atom is 0.390 e. The van der Waals surface area contributed by atoms with E-state index in [1.54, 1.807) is 0 Å². The second kappa shape index (κ2) is 5.35. The van der Waals surface area contributed by atoms with E-state index in [2.05, 4.69) is 5.32 Å². The number of hydrogen-bond acceptors (Lipinski definition) is 2. The van der Waals surface area contributed by atoms with Crippen LogP contribution in [0, 0.1) is 5.82 Å². The second-order valence-corrected chi connectivity index (χ2v) is 3.89. The third-order valence-corrected chi connectivity index (χ3v) is 2.20. The van der Waals surface area contributed by atoms with Crippen molar-refractivity contribution in [3.8, 4) is 5.75 Å². The Kier molecular flexibility index (Phi) is 4.34. The van der Waals surface area contributed by atoms with E-state index in [9.17, 15) is 17.6 Å². The molecule has 0 bridgehead atoms. The molecular formula is C11H13F4NO. The largest absolute Gasteiger partial charge is 0.505 e. The summed E-state index contributed by atoms with van der Waals surface area (Å²) in [5, 5.41) is 11.6. The van der Waals surface area contributed by atoms with Crippen molar-refractivity contribution in [3.63, 3.8) is 0 Å². The summed E-state index contributed by atoms with van der Waals surface area (Å²) in [4.78, 5) is 0. The highest BCUT2D eigenvalue weighted by Crippen LogP contribution is 2.21. The molecule has 0 spiro atoms. The Labute approximate surface area is 96.3 Å². The average molecular weight is 251 g/mol. The lowest BCUT2D eigenvalue weighted by atomic mass is 10.1. The van der Waals surface area contributed by atoms with Crippen LogP contribution < -0.4 is 5.32 Å². The molecule has 1 aromatic carbocycles. The number of rotatable bonds is 4. The predicted octanol–water partition coefficient (Wildman–Crippen LogP) is 2.96. The molecule has 2 nitrogen and oxygen atoms in total. The highest BCUT2D eigenvalue weighted by atomic mass is 19.4. The van der Waals surface area contributed by atoms with Crippen LogP contribution in [0.4, 0.5) is 17.6 Å². The van der Waals surface area contributed by atoms with Crippen LogP contribution in [0.1, 0.15) is 18.9 Å². The first-order valence-electron chi connectivity index (χ1n) is 5.05. The predicted molar refractivity (Wildman–Crippen MR) is 55.0 cm³/mol. The molecule has 0 aliphatic rings. The third-order valence-electron chi connectivity index (χ3n) is 2.20. The molecule has 1 atom stereocenters. The summed E-state index contributed by atoms with van der Waals surface area (Å²) in [5.74, 6) is -1.26. The van der Waals surface area contributed by atoms with Crippen molar-refractivity contribution in [2.24, 2.45) is 0 Å². The number of alkyl halides is 3. The molecular weight excluding hydrogens is 238 g/mol. The number of hydrogen-bond donors (Lipinski definition) is 2. The molecule has 1 aromatic rings. The Morgan fingerprint density at radius 3 is 2.53 bits per heavy atom. The topological polar surface area (TPSA) is 32.3 Å². The molecule has 1 unspecified atom stereocenters. The van der Waals surface area contributed by atoms with Crippen molar-refractivity contribution in [2.75, 3.05) is 0 Å². The first kappa shape index (κ1) is 13.8. The fourth-order valence-electron chi connectivity index (χ4n) is 1.37. The molecule has 0 heterocycles. The number of halogens is 4.